The summed E-state index contributed by atoms with van der Waals surface area (Å²) in [5.74, 6) is -1.15. The van der Waals surface area contributed by atoms with Gasteiger partial charge in [-0.05, 0) is 24.9 Å². The summed E-state index contributed by atoms with van der Waals surface area (Å²) in [6.45, 7) is 1.52. The summed E-state index contributed by atoms with van der Waals surface area (Å²) in [6, 6.07) is 9.66. The van der Waals surface area contributed by atoms with Gasteiger partial charge in [-0.25, -0.2) is 0 Å². The quantitative estimate of drug-likeness (QED) is 0.769. The predicted molar refractivity (Wildman–Crippen MR) is 60.5 cm³/mol. The number of benzene rings is 1. The first kappa shape index (κ1) is 12.4. The zero-order chi connectivity index (χ0) is 12.3. The molecule has 1 nitrogen and oxygen atoms in total. The second-order valence-electron chi connectivity index (χ2n) is 4.60. The number of likely N-dealkylation sites (tertiary alicyclic amines) is 1. The molecule has 1 aliphatic heterocycles. The molecular formula is C13H16F3N. The highest BCUT2D eigenvalue weighted by Gasteiger charge is 2.41. The van der Waals surface area contributed by atoms with Crippen LogP contribution in [0.1, 0.15) is 18.4 Å². The fourth-order valence-corrected chi connectivity index (χ4v) is 2.31. The molecule has 17 heavy (non-hydrogen) atoms. The normalized spacial score (nSPS) is 22.6. The number of rotatable bonds is 2. The summed E-state index contributed by atoms with van der Waals surface area (Å²) in [5.41, 5.74) is 1.08. The highest BCUT2D eigenvalue weighted by atomic mass is 19.4. The molecule has 1 aliphatic rings. The molecule has 4 heteroatoms. The number of halogens is 3. The first-order chi connectivity index (χ1) is 8.05. The third kappa shape index (κ3) is 3.46. The Labute approximate surface area is 99.2 Å². The Morgan fingerprint density at radius 2 is 1.88 bits per heavy atom. The van der Waals surface area contributed by atoms with E-state index < -0.39 is 12.1 Å². The lowest BCUT2D eigenvalue weighted by Crippen LogP contribution is -2.41. The van der Waals surface area contributed by atoms with E-state index in [2.05, 4.69) is 0 Å². The summed E-state index contributed by atoms with van der Waals surface area (Å²) < 4.78 is 37.9. The summed E-state index contributed by atoms with van der Waals surface area (Å²) >= 11 is 0. The number of hydrogen-bond acceptors (Lipinski definition) is 1. The summed E-state index contributed by atoms with van der Waals surface area (Å²) in [4.78, 5) is 1.90. The maximum Gasteiger partial charge on any atom is 0.393 e. The smallest absolute Gasteiger partial charge is 0.298 e. The van der Waals surface area contributed by atoms with Crippen LogP contribution in [0.2, 0.25) is 0 Å². The molecule has 0 bridgehead atoms. The average Bonchev–Trinajstić information content (AvgIpc) is 2.29. The van der Waals surface area contributed by atoms with Gasteiger partial charge in [-0.15, -0.1) is 0 Å². The molecule has 94 valence electrons. The minimum absolute atomic E-state index is 0.137. The van der Waals surface area contributed by atoms with E-state index in [1.54, 1.807) is 0 Å². The highest BCUT2D eigenvalue weighted by molar-refractivity contribution is 5.14. The first-order valence-corrected chi connectivity index (χ1v) is 5.89. The van der Waals surface area contributed by atoms with Gasteiger partial charge in [-0.2, -0.15) is 13.2 Å². The number of hydrogen-bond donors (Lipinski definition) is 0. The molecule has 0 aliphatic carbocycles. The number of piperidine rings is 1. The molecule has 0 amide bonds. The number of nitrogens with zero attached hydrogens (tertiary/aromatic N) is 1. The summed E-state index contributed by atoms with van der Waals surface area (Å²) in [5, 5.41) is 0. The van der Waals surface area contributed by atoms with E-state index in [1.807, 2.05) is 35.2 Å². The zero-order valence-corrected chi connectivity index (χ0v) is 9.58. The Morgan fingerprint density at radius 3 is 2.53 bits per heavy atom. The van der Waals surface area contributed by atoms with Crippen molar-refractivity contribution in [3.8, 4) is 0 Å². The minimum Gasteiger partial charge on any atom is -0.298 e. The SMILES string of the molecule is FC(F)(F)C1CCCN(Cc2ccccc2)C1. The van der Waals surface area contributed by atoms with Gasteiger partial charge < -0.3 is 0 Å². The molecule has 1 saturated heterocycles. The van der Waals surface area contributed by atoms with Crippen molar-refractivity contribution in [2.45, 2.75) is 25.6 Å². The van der Waals surface area contributed by atoms with Crippen LogP contribution in [0, 0.1) is 5.92 Å². The van der Waals surface area contributed by atoms with Crippen molar-refractivity contribution in [1.29, 1.82) is 0 Å². The lowest BCUT2D eigenvalue weighted by Gasteiger charge is -2.33. The highest BCUT2D eigenvalue weighted by Crippen LogP contribution is 2.33. The van der Waals surface area contributed by atoms with Gasteiger partial charge in [0.25, 0.3) is 0 Å². The van der Waals surface area contributed by atoms with Crippen molar-refractivity contribution < 1.29 is 13.2 Å². The van der Waals surface area contributed by atoms with E-state index in [9.17, 15) is 13.2 Å². The third-order valence-electron chi connectivity index (χ3n) is 3.22. The molecule has 1 fully saturated rings. The lowest BCUT2D eigenvalue weighted by atomic mass is 9.97. The lowest BCUT2D eigenvalue weighted by molar-refractivity contribution is -0.187. The average molecular weight is 243 g/mol. The Morgan fingerprint density at radius 1 is 1.18 bits per heavy atom. The Hall–Kier alpha value is -1.03. The van der Waals surface area contributed by atoms with Gasteiger partial charge in [0, 0.05) is 13.1 Å². The van der Waals surface area contributed by atoms with Gasteiger partial charge >= 0.3 is 6.18 Å². The Kier molecular flexibility index (Phi) is 3.72. The third-order valence-corrected chi connectivity index (χ3v) is 3.22. The van der Waals surface area contributed by atoms with Crippen molar-refractivity contribution in [2.24, 2.45) is 5.92 Å². The molecule has 0 spiro atoms. The maximum atomic E-state index is 12.6. The Balaban J connectivity index is 1.94. The van der Waals surface area contributed by atoms with Crippen LogP contribution < -0.4 is 0 Å². The van der Waals surface area contributed by atoms with Crippen molar-refractivity contribution in [3.63, 3.8) is 0 Å². The second-order valence-corrected chi connectivity index (χ2v) is 4.60. The van der Waals surface area contributed by atoms with Crippen molar-refractivity contribution >= 4 is 0 Å². The second kappa shape index (κ2) is 5.08. The monoisotopic (exact) mass is 243 g/mol. The van der Waals surface area contributed by atoms with Crippen LogP contribution in [0.25, 0.3) is 0 Å². The Bertz CT molecular complexity index is 347. The molecule has 1 aromatic rings. The molecule has 0 radical (unpaired) electrons. The molecule has 0 saturated carbocycles. The van der Waals surface area contributed by atoms with Gasteiger partial charge in [0.2, 0.25) is 0 Å². The maximum absolute atomic E-state index is 12.6. The van der Waals surface area contributed by atoms with Crippen LogP contribution in [0.15, 0.2) is 30.3 Å². The predicted octanol–water partition coefficient (Wildman–Crippen LogP) is 3.46. The van der Waals surface area contributed by atoms with Crippen molar-refractivity contribution in [1.82, 2.24) is 4.90 Å². The van der Waals surface area contributed by atoms with Crippen molar-refractivity contribution in [3.05, 3.63) is 35.9 Å². The van der Waals surface area contributed by atoms with Gasteiger partial charge in [0.05, 0.1) is 5.92 Å². The van der Waals surface area contributed by atoms with E-state index >= 15 is 0 Å². The molecule has 1 unspecified atom stereocenters. The van der Waals surface area contributed by atoms with Crippen LogP contribution in [0.5, 0.6) is 0 Å². The topological polar surface area (TPSA) is 3.24 Å². The molecule has 0 aromatic heterocycles. The molecular weight excluding hydrogens is 227 g/mol. The molecule has 1 atom stereocenters. The van der Waals surface area contributed by atoms with Crippen LogP contribution in [0.3, 0.4) is 0 Å². The number of alkyl halides is 3. The minimum atomic E-state index is -4.05. The van der Waals surface area contributed by atoms with Crippen LogP contribution in [-0.4, -0.2) is 24.2 Å². The van der Waals surface area contributed by atoms with E-state index in [-0.39, 0.29) is 13.0 Å². The van der Waals surface area contributed by atoms with E-state index in [1.165, 1.54) is 0 Å². The largest absolute Gasteiger partial charge is 0.393 e. The molecule has 1 aromatic carbocycles. The van der Waals surface area contributed by atoms with Crippen LogP contribution in [-0.2, 0) is 6.54 Å². The fraction of sp³-hybridized carbons (Fsp3) is 0.538. The van der Waals surface area contributed by atoms with E-state index in [0.717, 1.165) is 12.1 Å². The summed E-state index contributed by atoms with van der Waals surface area (Å²) in [6.07, 6.45) is -3.14. The van der Waals surface area contributed by atoms with Gasteiger partial charge in [-0.3, -0.25) is 4.90 Å². The van der Waals surface area contributed by atoms with E-state index in [0.29, 0.717) is 13.0 Å². The molecule has 2 rings (SSSR count). The standard InChI is InChI=1S/C13H16F3N/c14-13(15,16)12-7-4-8-17(10-12)9-11-5-2-1-3-6-11/h1-3,5-6,12H,4,7-10H2. The van der Waals surface area contributed by atoms with E-state index in [4.69, 9.17) is 0 Å². The van der Waals surface area contributed by atoms with Gasteiger partial charge in [0.1, 0.15) is 0 Å². The first-order valence-electron chi connectivity index (χ1n) is 5.89. The van der Waals surface area contributed by atoms with Gasteiger partial charge in [-0.1, -0.05) is 30.3 Å². The summed E-state index contributed by atoms with van der Waals surface area (Å²) in [7, 11) is 0. The fourth-order valence-electron chi connectivity index (χ4n) is 2.31. The molecule has 1 heterocycles. The molecule has 0 N–H and O–H groups in total. The van der Waals surface area contributed by atoms with Gasteiger partial charge in [0.15, 0.2) is 0 Å². The van der Waals surface area contributed by atoms with Crippen molar-refractivity contribution in [2.75, 3.05) is 13.1 Å². The van der Waals surface area contributed by atoms with Crippen LogP contribution >= 0.6 is 0 Å². The zero-order valence-electron chi connectivity index (χ0n) is 9.58. The van der Waals surface area contributed by atoms with Crippen LogP contribution in [0.4, 0.5) is 13.2 Å².